The van der Waals surface area contributed by atoms with E-state index in [1.54, 1.807) is 11.3 Å². The van der Waals surface area contributed by atoms with Crippen LogP contribution >= 0.6 is 27.3 Å². The van der Waals surface area contributed by atoms with Crippen molar-refractivity contribution in [3.05, 3.63) is 20.3 Å². The van der Waals surface area contributed by atoms with E-state index in [4.69, 9.17) is 5.73 Å². The van der Waals surface area contributed by atoms with Crippen LogP contribution in [0.5, 0.6) is 0 Å². The summed E-state index contributed by atoms with van der Waals surface area (Å²) in [5.41, 5.74) is 7.25. The third-order valence-electron chi connectivity index (χ3n) is 3.33. The minimum Gasteiger partial charge on any atom is -0.323 e. The molecule has 0 aliphatic heterocycles. The Morgan fingerprint density at radius 3 is 2.82 bits per heavy atom. The molecule has 1 heterocycles. The van der Waals surface area contributed by atoms with Crippen LogP contribution in [0.4, 0.5) is 8.78 Å². The summed E-state index contributed by atoms with van der Waals surface area (Å²) in [6.07, 6.45) is 1.30. The van der Waals surface area contributed by atoms with Gasteiger partial charge < -0.3 is 5.73 Å². The Hall–Kier alpha value is -0.000000000000000111. The van der Waals surface area contributed by atoms with Gasteiger partial charge in [0.05, 0.1) is 3.79 Å². The zero-order valence-electron chi connectivity index (χ0n) is 9.68. The Kier molecular flexibility index (Phi) is 3.90. The molecule has 1 nitrogen and oxygen atoms in total. The van der Waals surface area contributed by atoms with Crippen LogP contribution in [-0.2, 0) is 0 Å². The fourth-order valence-electron chi connectivity index (χ4n) is 2.38. The van der Waals surface area contributed by atoms with E-state index < -0.39 is 5.92 Å². The molecule has 1 aromatic heterocycles. The first kappa shape index (κ1) is 13.4. The van der Waals surface area contributed by atoms with Crippen molar-refractivity contribution in [2.24, 2.45) is 11.7 Å². The van der Waals surface area contributed by atoms with Crippen molar-refractivity contribution in [3.63, 3.8) is 0 Å². The zero-order valence-corrected chi connectivity index (χ0v) is 12.1. The minimum atomic E-state index is -2.46. The topological polar surface area (TPSA) is 26.0 Å². The second-order valence-corrected chi connectivity index (χ2v) is 7.31. The lowest BCUT2D eigenvalue weighted by Crippen LogP contribution is -2.15. The van der Waals surface area contributed by atoms with Gasteiger partial charge in [-0.25, -0.2) is 8.78 Å². The summed E-state index contributed by atoms with van der Waals surface area (Å²) in [5.74, 6) is -2.39. The van der Waals surface area contributed by atoms with Crippen LogP contribution in [0.3, 0.4) is 0 Å². The van der Waals surface area contributed by atoms with E-state index in [1.807, 2.05) is 13.0 Å². The van der Waals surface area contributed by atoms with Gasteiger partial charge in [-0.3, -0.25) is 0 Å². The van der Waals surface area contributed by atoms with Crippen LogP contribution in [0.15, 0.2) is 9.85 Å². The Balaban J connectivity index is 1.96. The number of rotatable bonds is 3. The fourth-order valence-corrected chi connectivity index (χ4v) is 3.97. The predicted molar refractivity (Wildman–Crippen MR) is 70.6 cm³/mol. The van der Waals surface area contributed by atoms with E-state index in [0.29, 0.717) is 12.8 Å². The third-order valence-corrected chi connectivity index (χ3v) is 5.60. The maximum atomic E-state index is 13.1. The van der Waals surface area contributed by atoms with Gasteiger partial charge in [-0.1, -0.05) is 0 Å². The van der Waals surface area contributed by atoms with E-state index in [2.05, 4.69) is 15.9 Å². The van der Waals surface area contributed by atoms with Gasteiger partial charge in [0.2, 0.25) is 5.92 Å². The van der Waals surface area contributed by atoms with E-state index in [0.717, 1.165) is 14.2 Å². The summed E-state index contributed by atoms with van der Waals surface area (Å²) >= 11 is 5.07. The Morgan fingerprint density at radius 2 is 2.35 bits per heavy atom. The number of alkyl halides is 2. The van der Waals surface area contributed by atoms with Crippen molar-refractivity contribution < 1.29 is 8.78 Å². The highest BCUT2D eigenvalue weighted by molar-refractivity contribution is 9.11. The van der Waals surface area contributed by atoms with Crippen molar-refractivity contribution in [1.29, 1.82) is 0 Å². The molecule has 2 atom stereocenters. The van der Waals surface area contributed by atoms with Gasteiger partial charge >= 0.3 is 0 Å². The lowest BCUT2D eigenvalue weighted by molar-refractivity contribution is 0.00448. The average Bonchev–Trinajstić information content (AvgIpc) is 2.71. The maximum absolute atomic E-state index is 13.1. The second kappa shape index (κ2) is 4.94. The minimum absolute atomic E-state index is 0.00618. The van der Waals surface area contributed by atoms with Crippen LogP contribution in [0.1, 0.15) is 42.2 Å². The molecule has 0 aromatic carbocycles. The molecule has 2 rings (SSSR count). The molecule has 2 unspecified atom stereocenters. The third kappa shape index (κ3) is 3.26. The first-order valence-corrected chi connectivity index (χ1v) is 7.37. The van der Waals surface area contributed by atoms with Gasteiger partial charge in [0.25, 0.3) is 0 Å². The summed E-state index contributed by atoms with van der Waals surface area (Å²) in [6, 6.07) is 1.94. The van der Waals surface area contributed by atoms with E-state index in [1.165, 1.54) is 0 Å². The Labute approximate surface area is 113 Å². The first-order valence-electron chi connectivity index (χ1n) is 5.76. The fraction of sp³-hybridized carbons (Fsp3) is 0.667. The van der Waals surface area contributed by atoms with Crippen molar-refractivity contribution in [2.45, 2.75) is 44.6 Å². The SMILES string of the molecule is Cc1cc(C(N)CC2CCC(F)(F)C2)sc1Br. The Bertz CT molecular complexity index is 386. The van der Waals surface area contributed by atoms with Crippen molar-refractivity contribution in [2.75, 3.05) is 0 Å². The molecule has 1 aliphatic rings. The molecule has 17 heavy (non-hydrogen) atoms. The second-order valence-electron chi connectivity index (χ2n) is 4.91. The summed E-state index contributed by atoms with van der Waals surface area (Å²) in [6.45, 7) is 2.01. The number of hydrogen-bond donors (Lipinski definition) is 1. The number of hydrogen-bond acceptors (Lipinski definition) is 2. The molecule has 0 amide bonds. The lowest BCUT2D eigenvalue weighted by atomic mass is 9.97. The quantitative estimate of drug-likeness (QED) is 0.861. The van der Waals surface area contributed by atoms with Crippen LogP contribution in [0.2, 0.25) is 0 Å². The number of nitrogens with two attached hydrogens (primary N) is 1. The van der Waals surface area contributed by atoms with E-state index >= 15 is 0 Å². The van der Waals surface area contributed by atoms with Crippen LogP contribution < -0.4 is 5.73 Å². The smallest absolute Gasteiger partial charge is 0.248 e. The molecule has 1 aliphatic carbocycles. The van der Waals surface area contributed by atoms with Gasteiger partial charge in [0.1, 0.15) is 0 Å². The highest BCUT2D eigenvalue weighted by atomic mass is 79.9. The molecule has 5 heteroatoms. The van der Waals surface area contributed by atoms with Crippen molar-refractivity contribution in [1.82, 2.24) is 0 Å². The van der Waals surface area contributed by atoms with Crippen LogP contribution in [0.25, 0.3) is 0 Å². The molecule has 1 aromatic rings. The molecule has 0 saturated heterocycles. The largest absolute Gasteiger partial charge is 0.323 e. The molecular weight excluding hydrogens is 308 g/mol. The van der Waals surface area contributed by atoms with Crippen molar-refractivity contribution >= 4 is 27.3 Å². The van der Waals surface area contributed by atoms with Crippen LogP contribution in [0, 0.1) is 12.8 Å². The van der Waals surface area contributed by atoms with Gasteiger partial charge in [-0.2, -0.15) is 0 Å². The van der Waals surface area contributed by atoms with Gasteiger partial charge in [-0.15, -0.1) is 11.3 Å². The van der Waals surface area contributed by atoms with Gasteiger partial charge in [0.15, 0.2) is 0 Å². The molecule has 2 N–H and O–H groups in total. The zero-order chi connectivity index (χ0) is 12.6. The predicted octanol–water partition coefficient (Wildman–Crippen LogP) is 4.64. The molecule has 0 bridgehead atoms. The average molecular weight is 324 g/mol. The van der Waals surface area contributed by atoms with Crippen molar-refractivity contribution in [3.8, 4) is 0 Å². The summed E-state index contributed by atoms with van der Waals surface area (Å²) in [7, 11) is 0. The summed E-state index contributed by atoms with van der Waals surface area (Å²) in [5, 5.41) is 0. The standard InChI is InChI=1S/C12H16BrF2NS/c1-7-4-10(17-11(7)13)9(16)5-8-2-3-12(14,15)6-8/h4,8-9H,2-3,5-6,16H2,1H3. The number of thiophene rings is 1. The Morgan fingerprint density at radius 1 is 1.65 bits per heavy atom. The molecule has 1 fully saturated rings. The lowest BCUT2D eigenvalue weighted by Gasteiger charge is -2.15. The molecule has 96 valence electrons. The van der Waals surface area contributed by atoms with E-state index in [9.17, 15) is 8.78 Å². The molecular formula is C12H16BrF2NS. The first-order chi connectivity index (χ1) is 7.87. The van der Waals surface area contributed by atoms with Crippen LogP contribution in [-0.4, -0.2) is 5.92 Å². The van der Waals surface area contributed by atoms with Gasteiger partial charge in [0, 0.05) is 23.8 Å². The summed E-state index contributed by atoms with van der Waals surface area (Å²) < 4.78 is 27.2. The summed E-state index contributed by atoms with van der Waals surface area (Å²) in [4.78, 5) is 1.09. The number of halogens is 3. The maximum Gasteiger partial charge on any atom is 0.248 e. The van der Waals surface area contributed by atoms with Gasteiger partial charge in [-0.05, 0) is 53.2 Å². The molecule has 1 saturated carbocycles. The monoisotopic (exact) mass is 323 g/mol. The molecule has 0 spiro atoms. The number of aryl methyl sites for hydroxylation is 1. The van der Waals surface area contributed by atoms with E-state index in [-0.39, 0.29) is 24.8 Å². The normalized spacial score (nSPS) is 25.1. The highest BCUT2D eigenvalue weighted by Crippen LogP contribution is 2.43. The highest BCUT2D eigenvalue weighted by Gasteiger charge is 2.39. The molecule has 0 radical (unpaired) electrons.